The van der Waals surface area contributed by atoms with Crippen molar-refractivity contribution in [3.05, 3.63) is 36.2 Å². The summed E-state index contributed by atoms with van der Waals surface area (Å²) in [6, 6.07) is 6.88. The van der Waals surface area contributed by atoms with Crippen molar-refractivity contribution in [2.24, 2.45) is 0 Å². The molecule has 3 N–H and O–H groups in total. The average Bonchev–Trinajstić information content (AvgIpc) is 2.84. The Hall–Kier alpha value is -2.13. The molecule has 2 aromatic rings. The van der Waals surface area contributed by atoms with E-state index in [0.29, 0.717) is 18.8 Å². The maximum atomic E-state index is 11.1. The highest BCUT2D eigenvalue weighted by Crippen LogP contribution is 2.15. The van der Waals surface area contributed by atoms with Gasteiger partial charge in [-0.25, -0.2) is 13.1 Å². The Morgan fingerprint density at radius 3 is 2.52 bits per heavy atom. The number of nitrogens with zero attached hydrogens (tertiary/aromatic N) is 3. The van der Waals surface area contributed by atoms with Crippen LogP contribution in [0.15, 0.2) is 30.5 Å². The topological polar surface area (TPSA) is 109 Å². The number of aliphatic hydroxyl groups is 1. The van der Waals surface area contributed by atoms with Crippen molar-refractivity contribution >= 4 is 21.4 Å². The predicted molar refractivity (Wildman–Crippen MR) is 79.3 cm³/mol. The first-order valence-electron chi connectivity index (χ1n) is 6.28. The van der Waals surface area contributed by atoms with Crippen LogP contribution in [0.5, 0.6) is 0 Å². The SMILES string of the molecule is CS(=O)(=O)Nc1ccc(NCc2cn(CCO)nn2)cc1. The smallest absolute Gasteiger partial charge is 0.229 e. The zero-order chi connectivity index (χ0) is 15.3. The molecule has 0 spiro atoms. The number of hydrogen-bond acceptors (Lipinski definition) is 6. The Bertz CT molecular complexity index is 681. The van der Waals surface area contributed by atoms with Crippen LogP contribution in [-0.4, -0.2) is 41.4 Å². The van der Waals surface area contributed by atoms with Crippen LogP contribution in [0.1, 0.15) is 5.69 Å². The van der Waals surface area contributed by atoms with Crippen molar-refractivity contribution in [2.45, 2.75) is 13.1 Å². The molecule has 0 aliphatic rings. The van der Waals surface area contributed by atoms with E-state index < -0.39 is 10.0 Å². The maximum Gasteiger partial charge on any atom is 0.229 e. The van der Waals surface area contributed by atoms with E-state index >= 15 is 0 Å². The van der Waals surface area contributed by atoms with Gasteiger partial charge in [0, 0.05) is 11.4 Å². The van der Waals surface area contributed by atoms with E-state index in [1.54, 1.807) is 35.1 Å². The molecular weight excluding hydrogens is 294 g/mol. The maximum absolute atomic E-state index is 11.1. The summed E-state index contributed by atoms with van der Waals surface area (Å²) in [5, 5.41) is 19.8. The Morgan fingerprint density at radius 1 is 1.24 bits per heavy atom. The van der Waals surface area contributed by atoms with Crippen LogP contribution in [0.3, 0.4) is 0 Å². The highest BCUT2D eigenvalue weighted by Gasteiger charge is 2.03. The van der Waals surface area contributed by atoms with Gasteiger partial charge >= 0.3 is 0 Å². The predicted octanol–water partition coefficient (Wildman–Crippen LogP) is 0.254. The lowest BCUT2D eigenvalue weighted by Gasteiger charge is -2.07. The Balaban J connectivity index is 1.91. The van der Waals surface area contributed by atoms with E-state index in [4.69, 9.17) is 5.11 Å². The van der Waals surface area contributed by atoms with E-state index in [-0.39, 0.29) is 6.61 Å². The Labute approximate surface area is 122 Å². The average molecular weight is 311 g/mol. The van der Waals surface area contributed by atoms with Crippen LogP contribution in [0.25, 0.3) is 0 Å². The number of aliphatic hydroxyl groups excluding tert-OH is 1. The summed E-state index contributed by atoms with van der Waals surface area (Å²) in [5.74, 6) is 0. The first kappa shape index (κ1) is 15.3. The van der Waals surface area contributed by atoms with Crippen molar-refractivity contribution in [3.8, 4) is 0 Å². The van der Waals surface area contributed by atoms with Gasteiger partial charge < -0.3 is 10.4 Å². The highest BCUT2D eigenvalue weighted by molar-refractivity contribution is 7.92. The van der Waals surface area contributed by atoms with Crippen LogP contribution in [0.4, 0.5) is 11.4 Å². The van der Waals surface area contributed by atoms with E-state index in [2.05, 4.69) is 20.4 Å². The number of rotatable bonds is 7. The Kier molecular flexibility index (Phi) is 4.76. The summed E-state index contributed by atoms with van der Waals surface area (Å²) in [7, 11) is -3.26. The molecule has 0 aliphatic heterocycles. The molecule has 0 aliphatic carbocycles. The second-order valence-corrected chi connectivity index (χ2v) is 6.25. The van der Waals surface area contributed by atoms with Crippen LogP contribution >= 0.6 is 0 Å². The molecule has 0 radical (unpaired) electrons. The lowest BCUT2D eigenvalue weighted by atomic mass is 10.3. The van der Waals surface area contributed by atoms with Crippen molar-refractivity contribution in [1.82, 2.24) is 15.0 Å². The number of hydrogen-bond donors (Lipinski definition) is 3. The molecule has 9 heteroatoms. The number of nitrogens with one attached hydrogen (secondary N) is 2. The third kappa shape index (κ3) is 5.04. The monoisotopic (exact) mass is 311 g/mol. The van der Waals surface area contributed by atoms with E-state index in [1.165, 1.54) is 0 Å². The molecule has 1 aromatic heterocycles. The van der Waals surface area contributed by atoms with Gasteiger partial charge in [0.15, 0.2) is 0 Å². The lowest BCUT2D eigenvalue weighted by Crippen LogP contribution is -2.09. The van der Waals surface area contributed by atoms with Gasteiger partial charge in [0.25, 0.3) is 0 Å². The minimum Gasteiger partial charge on any atom is -0.394 e. The third-order valence-electron chi connectivity index (χ3n) is 2.58. The number of benzene rings is 1. The summed E-state index contributed by atoms with van der Waals surface area (Å²) in [5.41, 5.74) is 2.10. The summed E-state index contributed by atoms with van der Waals surface area (Å²) in [6.45, 7) is 0.925. The molecule has 114 valence electrons. The van der Waals surface area contributed by atoms with Gasteiger partial charge in [0.05, 0.1) is 32.1 Å². The lowest BCUT2D eigenvalue weighted by molar-refractivity contribution is 0.268. The second kappa shape index (κ2) is 6.55. The van der Waals surface area contributed by atoms with Crippen LogP contribution < -0.4 is 10.0 Å². The molecule has 2 rings (SSSR count). The summed E-state index contributed by atoms with van der Waals surface area (Å²) in [4.78, 5) is 0. The number of sulfonamides is 1. The molecule has 0 bridgehead atoms. The first-order valence-corrected chi connectivity index (χ1v) is 8.17. The largest absolute Gasteiger partial charge is 0.394 e. The Morgan fingerprint density at radius 2 is 1.90 bits per heavy atom. The minimum atomic E-state index is -3.26. The molecule has 0 fully saturated rings. The van der Waals surface area contributed by atoms with E-state index in [1.807, 2.05) is 0 Å². The minimum absolute atomic E-state index is 0.0189. The molecule has 1 aromatic carbocycles. The third-order valence-corrected chi connectivity index (χ3v) is 3.18. The molecule has 1 heterocycles. The molecule has 0 unspecified atom stereocenters. The molecule has 0 saturated carbocycles. The van der Waals surface area contributed by atoms with Gasteiger partial charge in [-0.3, -0.25) is 4.72 Å². The zero-order valence-electron chi connectivity index (χ0n) is 11.5. The van der Waals surface area contributed by atoms with Gasteiger partial charge in [-0.1, -0.05) is 5.21 Å². The van der Waals surface area contributed by atoms with Gasteiger partial charge in [0.2, 0.25) is 10.0 Å². The fourth-order valence-electron chi connectivity index (χ4n) is 1.69. The van der Waals surface area contributed by atoms with Gasteiger partial charge in [0.1, 0.15) is 5.69 Å². The normalized spacial score (nSPS) is 11.3. The van der Waals surface area contributed by atoms with Crippen molar-refractivity contribution in [1.29, 1.82) is 0 Å². The van der Waals surface area contributed by atoms with Crippen LogP contribution in [0.2, 0.25) is 0 Å². The van der Waals surface area contributed by atoms with Gasteiger partial charge in [-0.05, 0) is 24.3 Å². The number of aromatic nitrogens is 3. The van der Waals surface area contributed by atoms with Crippen molar-refractivity contribution in [3.63, 3.8) is 0 Å². The summed E-state index contributed by atoms with van der Waals surface area (Å²) >= 11 is 0. The fourth-order valence-corrected chi connectivity index (χ4v) is 2.26. The molecular formula is C12H17N5O3S. The quantitative estimate of drug-likeness (QED) is 0.676. The molecule has 21 heavy (non-hydrogen) atoms. The zero-order valence-corrected chi connectivity index (χ0v) is 12.3. The van der Waals surface area contributed by atoms with Crippen LogP contribution in [-0.2, 0) is 23.1 Å². The number of anilines is 2. The molecule has 8 nitrogen and oxygen atoms in total. The first-order chi connectivity index (χ1) is 9.96. The molecule has 0 amide bonds. The standard InChI is InChI=1S/C12H17N5O3S/c1-21(19,20)15-11-4-2-10(3-5-11)13-8-12-9-17(6-7-18)16-14-12/h2-5,9,13,15,18H,6-8H2,1H3. The van der Waals surface area contributed by atoms with Crippen molar-refractivity contribution < 1.29 is 13.5 Å². The molecule has 0 atom stereocenters. The van der Waals surface area contributed by atoms with Gasteiger partial charge in [-0.2, -0.15) is 0 Å². The van der Waals surface area contributed by atoms with Gasteiger partial charge in [-0.15, -0.1) is 5.10 Å². The highest BCUT2D eigenvalue weighted by atomic mass is 32.2. The summed E-state index contributed by atoms with van der Waals surface area (Å²) in [6.07, 6.45) is 2.86. The van der Waals surface area contributed by atoms with Crippen LogP contribution in [0, 0.1) is 0 Å². The van der Waals surface area contributed by atoms with E-state index in [0.717, 1.165) is 17.6 Å². The van der Waals surface area contributed by atoms with E-state index in [9.17, 15) is 8.42 Å². The van der Waals surface area contributed by atoms with Crippen molar-refractivity contribution in [2.75, 3.05) is 22.9 Å². The molecule has 0 saturated heterocycles. The summed E-state index contributed by atoms with van der Waals surface area (Å²) < 4.78 is 26.1. The fraction of sp³-hybridized carbons (Fsp3) is 0.333. The second-order valence-electron chi connectivity index (χ2n) is 4.50.